The minimum atomic E-state index is -0.367. The van der Waals surface area contributed by atoms with Crippen LogP contribution in [0.1, 0.15) is 17.2 Å². The molecule has 1 atom stereocenters. The van der Waals surface area contributed by atoms with Gasteiger partial charge in [-0.15, -0.1) is 10.2 Å². The van der Waals surface area contributed by atoms with Gasteiger partial charge in [0.1, 0.15) is 12.7 Å². The van der Waals surface area contributed by atoms with E-state index in [2.05, 4.69) is 10.2 Å². The molecule has 3 aromatic rings. The lowest BCUT2D eigenvalue weighted by atomic mass is 9.98. The maximum Gasteiger partial charge on any atom is 0.123 e. The van der Waals surface area contributed by atoms with E-state index < -0.39 is 0 Å². The quantitative estimate of drug-likeness (QED) is 0.802. The van der Waals surface area contributed by atoms with E-state index in [0.29, 0.717) is 10.0 Å². The van der Waals surface area contributed by atoms with Crippen molar-refractivity contribution in [1.29, 1.82) is 0 Å². The van der Waals surface area contributed by atoms with Crippen molar-refractivity contribution in [2.24, 2.45) is 5.73 Å². The fraction of sp³-hybridized carbons (Fsp3) is 0.0667. The smallest absolute Gasteiger partial charge is 0.123 e. The molecule has 1 aromatic heterocycles. The van der Waals surface area contributed by atoms with Gasteiger partial charge in [0, 0.05) is 10.0 Å². The molecule has 2 aromatic carbocycles. The second kappa shape index (κ2) is 5.85. The first-order valence-corrected chi connectivity index (χ1v) is 7.07. The first kappa shape index (κ1) is 14.1. The molecule has 0 aliphatic rings. The van der Waals surface area contributed by atoms with Gasteiger partial charge in [-0.1, -0.05) is 47.5 Å². The van der Waals surface area contributed by atoms with E-state index in [-0.39, 0.29) is 6.04 Å². The Bertz CT molecular complexity index is 756. The third kappa shape index (κ3) is 2.78. The van der Waals surface area contributed by atoms with Crippen molar-refractivity contribution in [3.05, 3.63) is 76.3 Å². The topological polar surface area (TPSA) is 56.7 Å². The van der Waals surface area contributed by atoms with Crippen molar-refractivity contribution in [2.75, 3.05) is 0 Å². The predicted octanol–water partition coefficient (Wildman–Crippen LogP) is 3.62. The molecule has 0 saturated carbocycles. The zero-order chi connectivity index (χ0) is 14.8. The van der Waals surface area contributed by atoms with Crippen LogP contribution in [0.5, 0.6) is 0 Å². The van der Waals surface area contributed by atoms with Crippen LogP contribution in [0, 0.1) is 0 Å². The number of hydrogen-bond donors (Lipinski definition) is 1. The van der Waals surface area contributed by atoms with Gasteiger partial charge in [-0.2, -0.15) is 0 Å². The van der Waals surface area contributed by atoms with Crippen LogP contribution < -0.4 is 5.73 Å². The van der Waals surface area contributed by atoms with Gasteiger partial charge >= 0.3 is 0 Å². The Labute approximate surface area is 132 Å². The Kier molecular flexibility index (Phi) is 3.92. The van der Waals surface area contributed by atoms with Gasteiger partial charge in [-0.3, -0.25) is 4.57 Å². The molecule has 2 N–H and O–H groups in total. The van der Waals surface area contributed by atoms with Gasteiger partial charge in [0.2, 0.25) is 0 Å². The van der Waals surface area contributed by atoms with Crippen LogP contribution in [-0.2, 0) is 0 Å². The van der Waals surface area contributed by atoms with Gasteiger partial charge in [0.25, 0.3) is 0 Å². The average Bonchev–Trinajstić information content (AvgIpc) is 3.01. The van der Waals surface area contributed by atoms with E-state index in [1.165, 1.54) is 0 Å². The molecule has 6 heteroatoms. The number of nitrogens with zero attached hydrogens (tertiary/aromatic N) is 3. The third-order valence-corrected chi connectivity index (χ3v) is 3.84. The van der Waals surface area contributed by atoms with Crippen LogP contribution in [0.15, 0.2) is 55.1 Å². The number of nitrogens with two attached hydrogens (primary N) is 1. The van der Waals surface area contributed by atoms with Crippen molar-refractivity contribution in [3.63, 3.8) is 0 Å². The second-order valence-corrected chi connectivity index (χ2v) is 5.42. The molecule has 0 radical (unpaired) electrons. The van der Waals surface area contributed by atoms with Gasteiger partial charge in [-0.25, -0.2) is 0 Å². The van der Waals surface area contributed by atoms with E-state index in [9.17, 15) is 0 Å². The van der Waals surface area contributed by atoms with E-state index in [4.69, 9.17) is 28.9 Å². The fourth-order valence-electron chi connectivity index (χ4n) is 2.22. The second-order valence-electron chi connectivity index (χ2n) is 4.57. The Balaban J connectivity index is 2.13. The van der Waals surface area contributed by atoms with Crippen molar-refractivity contribution < 1.29 is 0 Å². The van der Waals surface area contributed by atoms with Crippen LogP contribution in [0.3, 0.4) is 0 Å². The minimum absolute atomic E-state index is 0.367. The fourth-order valence-corrected chi connectivity index (χ4v) is 2.64. The first-order valence-electron chi connectivity index (χ1n) is 6.31. The van der Waals surface area contributed by atoms with Crippen LogP contribution in [0.4, 0.5) is 0 Å². The molecular formula is C15H12Cl2N4. The molecule has 106 valence electrons. The first-order chi connectivity index (χ1) is 10.2. The van der Waals surface area contributed by atoms with Crippen LogP contribution >= 0.6 is 23.2 Å². The van der Waals surface area contributed by atoms with Gasteiger partial charge < -0.3 is 5.73 Å². The van der Waals surface area contributed by atoms with Crippen molar-refractivity contribution in [2.45, 2.75) is 6.04 Å². The summed E-state index contributed by atoms with van der Waals surface area (Å²) in [5.74, 6) is 0. The molecule has 0 amide bonds. The lowest BCUT2D eigenvalue weighted by Crippen LogP contribution is -2.15. The monoisotopic (exact) mass is 318 g/mol. The molecule has 3 rings (SSSR count). The standard InChI is InChI=1S/C15H12Cl2N4/c16-10-5-6-12(14(7-10)21-8-19-20-9-21)15(18)11-3-1-2-4-13(11)17/h1-9,15H,18H2. The Morgan fingerprint density at radius 3 is 2.38 bits per heavy atom. The van der Waals surface area contributed by atoms with Gasteiger partial charge in [-0.05, 0) is 29.3 Å². The molecule has 0 spiro atoms. The number of halogens is 2. The Hall–Kier alpha value is -1.88. The van der Waals surface area contributed by atoms with E-state index >= 15 is 0 Å². The molecule has 21 heavy (non-hydrogen) atoms. The molecule has 0 fully saturated rings. The highest BCUT2D eigenvalue weighted by Gasteiger charge is 2.17. The lowest BCUT2D eigenvalue weighted by Gasteiger charge is -2.18. The molecule has 1 heterocycles. The molecule has 0 aliphatic carbocycles. The van der Waals surface area contributed by atoms with E-state index in [1.807, 2.05) is 36.4 Å². The summed E-state index contributed by atoms with van der Waals surface area (Å²) < 4.78 is 1.78. The molecule has 0 bridgehead atoms. The summed E-state index contributed by atoms with van der Waals surface area (Å²) in [7, 11) is 0. The summed E-state index contributed by atoms with van der Waals surface area (Å²) in [4.78, 5) is 0. The van der Waals surface area contributed by atoms with Crippen molar-refractivity contribution >= 4 is 23.2 Å². The summed E-state index contributed by atoms with van der Waals surface area (Å²) in [5.41, 5.74) is 8.98. The summed E-state index contributed by atoms with van der Waals surface area (Å²) in [5, 5.41) is 8.90. The van der Waals surface area contributed by atoms with Gasteiger partial charge in [0.15, 0.2) is 0 Å². The Morgan fingerprint density at radius 2 is 1.67 bits per heavy atom. The largest absolute Gasteiger partial charge is 0.320 e. The number of aromatic nitrogens is 3. The van der Waals surface area contributed by atoms with E-state index in [1.54, 1.807) is 23.3 Å². The molecular weight excluding hydrogens is 307 g/mol. The minimum Gasteiger partial charge on any atom is -0.320 e. The zero-order valence-electron chi connectivity index (χ0n) is 10.9. The maximum absolute atomic E-state index is 6.39. The van der Waals surface area contributed by atoms with Crippen LogP contribution in [0.25, 0.3) is 5.69 Å². The summed E-state index contributed by atoms with van der Waals surface area (Å²) in [6, 6.07) is 12.7. The van der Waals surface area contributed by atoms with Gasteiger partial charge in [0.05, 0.1) is 11.7 Å². The van der Waals surface area contributed by atoms with E-state index in [0.717, 1.165) is 16.8 Å². The number of benzene rings is 2. The normalized spacial score (nSPS) is 12.3. The van der Waals surface area contributed by atoms with Crippen LogP contribution in [-0.4, -0.2) is 14.8 Å². The van der Waals surface area contributed by atoms with Crippen LogP contribution in [0.2, 0.25) is 10.0 Å². The zero-order valence-corrected chi connectivity index (χ0v) is 12.5. The predicted molar refractivity (Wildman–Crippen MR) is 83.9 cm³/mol. The van der Waals surface area contributed by atoms with Crippen molar-refractivity contribution in [1.82, 2.24) is 14.8 Å². The number of rotatable bonds is 3. The summed E-state index contributed by atoms with van der Waals surface area (Å²) >= 11 is 12.3. The summed E-state index contributed by atoms with van der Waals surface area (Å²) in [6.45, 7) is 0. The Morgan fingerprint density at radius 1 is 0.952 bits per heavy atom. The van der Waals surface area contributed by atoms with Crippen molar-refractivity contribution in [3.8, 4) is 5.69 Å². The molecule has 4 nitrogen and oxygen atoms in total. The highest BCUT2D eigenvalue weighted by atomic mass is 35.5. The SMILES string of the molecule is NC(c1ccccc1Cl)c1ccc(Cl)cc1-n1cnnc1. The maximum atomic E-state index is 6.39. The molecule has 0 aliphatic heterocycles. The summed E-state index contributed by atoms with van der Waals surface area (Å²) in [6.07, 6.45) is 3.21. The highest BCUT2D eigenvalue weighted by molar-refractivity contribution is 6.31. The molecule has 0 saturated heterocycles. The molecule has 1 unspecified atom stereocenters. The lowest BCUT2D eigenvalue weighted by molar-refractivity contribution is 0.851. The third-order valence-electron chi connectivity index (χ3n) is 3.26. The average molecular weight is 319 g/mol. The highest BCUT2D eigenvalue weighted by Crippen LogP contribution is 2.31. The number of hydrogen-bond acceptors (Lipinski definition) is 3.